The molecule has 6 aromatic rings. The number of aromatic nitrogens is 2. The summed E-state index contributed by atoms with van der Waals surface area (Å²) in [5, 5.41) is 4.00. The van der Waals surface area contributed by atoms with E-state index in [1.807, 2.05) is 12.1 Å². The monoisotopic (exact) mass is 1200 g/mol. The molecule has 5 N–H and O–H groups in total. The van der Waals surface area contributed by atoms with Crippen molar-refractivity contribution in [2.45, 2.75) is 102 Å². The molecule has 420 valence electrons. The number of nitrogen functional groups attached to an aromatic ring is 1. The van der Waals surface area contributed by atoms with Gasteiger partial charge in [0.25, 0.3) is 0 Å². The predicted octanol–water partition coefficient (Wildman–Crippen LogP) is 10.2. The van der Waals surface area contributed by atoms with Crippen LogP contribution < -0.4 is 29.1 Å². The third-order valence-corrected chi connectivity index (χ3v) is 18.1. The maximum Gasteiger partial charge on any atom is 0.411 e. The van der Waals surface area contributed by atoms with Gasteiger partial charge in [-0.15, -0.1) is 22.7 Å². The third kappa shape index (κ3) is 19.3. The number of sulfonamides is 4. The van der Waals surface area contributed by atoms with Crippen LogP contribution in [0, 0.1) is 0 Å². The summed E-state index contributed by atoms with van der Waals surface area (Å²) in [6, 6.07) is 23.3. The molecule has 20 nitrogen and oxygen atoms in total. The first kappa shape index (κ1) is 63.8. The molecule has 0 aliphatic rings. The first-order valence-electron chi connectivity index (χ1n) is 23.2. The van der Waals surface area contributed by atoms with E-state index in [4.69, 9.17) is 22.1 Å². The lowest BCUT2D eigenvalue weighted by Crippen LogP contribution is -2.40. The normalized spacial score (nSPS) is 12.2. The van der Waals surface area contributed by atoms with E-state index in [2.05, 4.69) is 29.5 Å². The third-order valence-electron chi connectivity index (χ3n) is 9.86. The van der Waals surface area contributed by atoms with Gasteiger partial charge in [0.2, 0.25) is 40.1 Å². The number of rotatable bonds is 15. The summed E-state index contributed by atoms with van der Waals surface area (Å²) in [6.45, 7) is 17.4. The van der Waals surface area contributed by atoms with E-state index < -0.39 is 62.7 Å². The van der Waals surface area contributed by atoms with Crippen molar-refractivity contribution in [3.8, 4) is 42.0 Å². The molecule has 27 heteroatoms. The van der Waals surface area contributed by atoms with Gasteiger partial charge in [0.15, 0.2) is 0 Å². The van der Waals surface area contributed by atoms with Crippen molar-refractivity contribution < 1.29 is 52.7 Å². The Morgan fingerprint density at radius 2 is 0.961 bits per heavy atom. The minimum absolute atomic E-state index is 0.0204. The number of ether oxygens (including phenoxy) is 2. The number of thiazole rings is 2. The van der Waals surface area contributed by atoms with E-state index in [0.717, 1.165) is 32.2 Å². The van der Waals surface area contributed by atoms with E-state index in [-0.39, 0.29) is 33.4 Å². The fourth-order valence-electron chi connectivity index (χ4n) is 6.50. The summed E-state index contributed by atoms with van der Waals surface area (Å²) in [5.41, 5.74) is 7.65. The Morgan fingerprint density at radius 3 is 1.27 bits per heavy atom. The molecule has 0 atom stereocenters. The highest BCUT2D eigenvalue weighted by Crippen LogP contribution is 2.40. The number of halogens is 1. The van der Waals surface area contributed by atoms with Crippen LogP contribution in [0.2, 0.25) is 0 Å². The molecule has 2 heterocycles. The van der Waals surface area contributed by atoms with Crippen LogP contribution in [0.1, 0.15) is 69.2 Å². The lowest BCUT2D eigenvalue weighted by Gasteiger charge is -2.23. The van der Waals surface area contributed by atoms with Crippen LogP contribution >= 0.6 is 34.3 Å². The molecule has 0 saturated heterocycles. The lowest BCUT2D eigenvalue weighted by molar-refractivity contribution is 0.130. The molecular weight excluding hydrogens is 1130 g/mol. The minimum atomic E-state index is -4.02. The molecule has 1 amide bonds. The summed E-state index contributed by atoms with van der Waals surface area (Å²) in [4.78, 5) is 31.7. The van der Waals surface area contributed by atoms with E-state index in [9.17, 15) is 43.3 Å². The number of amides is 1. The van der Waals surface area contributed by atoms with E-state index >= 15 is 0 Å². The van der Waals surface area contributed by atoms with Crippen molar-refractivity contribution in [3.63, 3.8) is 0 Å². The summed E-state index contributed by atoms with van der Waals surface area (Å²) < 4.78 is 118. The van der Waals surface area contributed by atoms with E-state index in [1.54, 1.807) is 142 Å². The molecule has 77 heavy (non-hydrogen) atoms. The van der Waals surface area contributed by atoms with Gasteiger partial charge in [-0.25, -0.2) is 62.7 Å². The number of nitrogens with zero attached hydrogens (tertiary/aromatic N) is 4. The summed E-state index contributed by atoms with van der Waals surface area (Å²) in [6.07, 6.45) is 4.41. The van der Waals surface area contributed by atoms with Gasteiger partial charge in [-0.05, 0) is 142 Å². The van der Waals surface area contributed by atoms with Crippen LogP contribution in [0.3, 0.4) is 0 Å². The second kappa shape index (κ2) is 25.4. The quantitative estimate of drug-likeness (QED) is 0.0549. The van der Waals surface area contributed by atoms with Crippen molar-refractivity contribution in [2.75, 3.05) is 46.3 Å². The number of hydrogen-bond acceptors (Lipinski definition) is 17. The molecule has 0 bridgehead atoms. The zero-order valence-corrected chi connectivity index (χ0v) is 50.6. The maximum absolute atomic E-state index is 13.4. The van der Waals surface area contributed by atoms with Crippen molar-refractivity contribution in [2.24, 2.45) is 0 Å². The molecule has 6 rings (SSSR count). The Hall–Kier alpha value is -5.71. The Bertz CT molecular complexity index is 3500. The maximum atomic E-state index is 13.4. The highest BCUT2D eigenvalue weighted by atomic mass is 35.5. The number of nitrogens with one attached hydrogen (secondary N) is 3. The molecule has 0 fully saturated rings. The fourth-order valence-corrected chi connectivity index (χ4v) is 13.0. The zero-order valence-electron chi connectivity index (χ0n) is 45.0. The predicted molar refractivity (Wildman–Crippen MR) is 310 cm³/mol. The molecule has 0 saturated carbocycles. The summed E-state index contributed by atoms with van der Waals surface area (Å²) in [5.74, 6) is 0. The zero-order chi connectivity index (χ0) is 58.2. The van der Waals surface area contributed by atoms with Crippen LogP contribution in [-0.2, 0) is 49.6 Å². The second-order valence-corrected chi connectivity index (χ2v) is 29.5. The number of carbonyl (C=O) groups excluding carboxylic acids is 2. The van der Waals surface area contributed by atoms with Crippen molar-refractivity contribution in [1.29, 1.82) is 0 Å². The SMILES string of the molecule is CC(C)OC(=O)Cl.CC(C)OC(=O)Nc1ccc(-c2ncc(-c3ccc(N(C)S(C)(=O)=O)cc3S(=O)(=O)NC(C)(C)C)s2)cc1.CN(c1ccc(-c2cnc(-c3ccc(N)cc3)s2)c(S(=O)(=O)NC(C)(C)C)c1)S(C)(=O)=O. The molecular formula is C50H65ClN8O12S6. The van der Waals surface area contributed by atoms with E-state index in [0.29, 0.717) is 42.3 Å². The van der Waals surface area contributed by atoms with Gasteiger partial charge in [-0.2, -0.15) is 0 Å². The number of carbonyl (C=O) groups is 2. The van der Waals surface area contributed by atoms with Crippen LogP contribution in [0.25, 0.3) is 42.0 Å². The number of anilines is 4. The lowest BCUT2D eigenvalue weighted by atomic mass is 10.1. The average Bonchev–Trinajstić information content (AvgIpc) is 3.98. The van der Waals surface area contributed by atoms with Gasteiger partial charge in [-0.1, -0.05) is 12.1 Å². The van der Waals surface area contributed by atoms with Gasteiger partial charge >= 0.3 is 11.5 Å². The molecule has 0 unspecified atom stereocenters. The molecule has 0 spiro atoms. The topological polar surface area (TPSA) is 284 Å². The molecule has 0 aliphatic heterocycles. The average molecular weight is 1200 g/mol. The number of nitrogens with two attached hydrogens (primary N) is 1. The highest BCUT2D eigenvalue weighted by molar-refractivity contribution is 7.92. The van der Waals surface area contributed by atoms with Gasteiger partial charge in [0, 0.05) is 82.8 Å². The first-order chi connectivity index (χ1) is 35.3. The molecule has 0 radical (unpaired) electrons. The molecule has 2 aromatic heterocycles. The van der Waals surface area contributed by atoms with Crippen LogP contribution in [0.15, 0.2) is 107 Å². The molecule has 0 aliphatic carbocycles. The van der Waals surface area contributed by atoms with E-state index in [1.165, 1.54) is 48.9 Å². The van der Waals surface area contributed by atoms with Gasteiger partial charge in [-0.3, -0.25) is 13.9 Å². The Labute approximate surface area is 465 Å². The largest absolute Gasteiger partial charge is 0.451 e. The van der Waals surface area contributed by atoms with Crippen LogP contribution in [0.5, 0.6) is 0 Å². The Kier molecular flexibility index (Phi) is 21.0. The van der Waals surface area contributed by atoms with Gasteiger partial charge in [0.1, 0.15) is 10.0 Å². The second-order valence-electron chi connectivity index (χ2n) is 19.8. The number of hydrogen-bond donors (Lipinski definition) is 4. The smallest absolute Gasteiger partial charge is 0.411 e. The van der Waals surface area contributed by atoms with Gasteiger partial charge < -0.3 is 15.2 Å². The Balaban J connectivity index is 0.000000299. The van der Waals surface area contributed by atoms with Crippen molar-refractivity contribution in [3.05, 3.63) is 97.3 Å². The highest BCUT2D eigenvalue weighted by Gasteiger charge is 2.30. The first-order valence-corrected chi connectivity index (χ1v) is 31.9. The summed E-state index contributed by atoms with van der Waals surface area (Å²) in [7, 11) is -12.4. The van der Waals surface area contributed by atoms with Crippen LogP contribution in [0.4, 0.5) is 32.3 Å². The standard InChI is InChI=1S/C25H32N4O6S3.C21H26N4O4S3.C4H7ClO2/c1-16(2)35-24(30)27-18-10-8-17(9-11-18)23-26-15-21(36-23)20-13-12-19(29(6)37(7,31)32)14-22(20)38(33,34)28-25(3,4)5;1-21(2,3)24-32(28,29)19-12-16(25(4)31(5,26)27)10-11-17(19)18-13-23-20(30-18)14-6-8-15(22)9-7-14;1-3(2)7-4(5)6/h8-16,28H,1-7H3,(H,27,30);6-13,24H,22H2,1-5H3;3H,1-2H3. The van der Waals surface area contributed by atoms with Gasteiger partial charge in [0.05, 0.1) is 55.6 Å². The van der Waals surface area contributed by atoms with Crippen LogP contribution in [-0.4, -0.2) is 105 Å². The van der Waals surface area contributed by atoms with Crippen molar-refractivity contribution >= 4 is 109 Å². The number of benzene rings is 4. The Morgan fingerprint density at radius 1 is 0.597 bits per heavy atom. The van der Waals surface area contributed by atoms with Crippen molar-refractivity contribution in [1.82, 2.24) is 19.4 Å². The minimum Gasteiger partial charge on any atom is -0.451 e. The molecule has 4 aromatic carbocycles. The summed E-state index contributed by atoms with van der Waals surface area (Å²) >= 11 is 7.44. The fraction of sp³-hybridized carbons (Fsp3) is 0.360.